The van der Waals surface area contributed by atoms with Gasteiger partial charge < -0.3 is 10.6 Å². The van der Waals surface area contributed by atoms with Crippen LogP contribution in [0.25, 0.3) is 0 Å². The summed E-state index contributed by atoms with van der Waals surface area (Å²) >= 11 is 0. The van der Waals surface area contributed by atoms with E-state index in [0.29, 0.717) is 17.7 Å². The van der Waals surface area contributed by atoms with Gasteiger partial charge >= 0.3 is 0 Å². The van der Waals surface area contributed by atoms with Crippen LogP contribution < -0.4 is 10.6 Å². The van der Waals surface area contributed by atoms with Gasteiger partial charge in [-0.3, -0.25) is 4.79 Å². The fourth-order valence-corrected chi connectivity index (χ4v) is 3.36. The first-order valence-electron chi connectivity index (χ1n) is 9.04. The molecule has 0 bridgehead atoms. The second-order valence-electron chi connectivity index (χ2n) is 7.06. The summed E-state index contributed by atoms with van der Waals surface area (Å²) in [4.78, 5) is 21.1. The van der Waals surface area contributed by atoms with E-state index < -0.39 is 0 Å². The number of hydrogen-bond acceptors (Lipinski definition) is 4. The van der Waals surface area contributed by atoms with Crippen LogP contribution in [0.15, 0.2) is 30.6 Å². The van der Waals surface area contributed by atoms with Crippen LogP contribution in [0.3, 0.4) is 0 Å². The van der Waals surface area contributed by atoms with Crippen molar-refractivity contribution in [2.75, 3.05) is 10.6 Å². The Morgan fingerprint density at radius 2 is 1.96 bits per heavy atom. The summed E-state index contributed by atoms with van der Waals surface area (Å²) in [6.45, 7) is 6.26. The summed E-state index contributed by atoms with van der Waals surface area (Å²) in [5.41, 5.74) is 3.45. The average molecular weight is 338 g/mol. The summed E-state index contributed by atoms with van der Waals surface area (Å²) in [5, 5.41) is 6.45. The minimum atomic E-state index is -0.201. The molecule has 1 fully saturated rings. The highest BCUT2D eigenvalue weighted by Crippen LogP contribution is 2.28. The highest BCUT2D eigenvalue weighted by Gasteiger charge is 2.17. The number of nitrogens with zero attached hydrogens (tertiary/aromatic N) is 2. The number of carbonyl (C=O) groups excluding carboxylic acids is 1. The van der Waals surface area contributed by atoms with Crippen LogP contribution in [0.1, 0.15) is 67.1 Å². The maximum Gasteiger partial charge on any atom is 0.274 e. The molecule has 1 aromatic heterocycles. The smallest absolute Gasteiger partial charge is 0.274 e. The number of aromatic nitrogens is 2. The molecule has 1 amide bonds. The van der Waals surface area contributed by atoms with Crippen LogP contribution in [0.5, 0.6) is 0 Å². The molecular weight excluding hydrogens is 312 g/mol. The predicted octanol–water partition coefficient (Wildman–Crippen LogP) is 4.52. The molecule has 5 heteroatoms. The van der Waals surface area contributed by atoms with Crippen molar-refractivity contribution in [2.24, 2.45) is 0 Å². The Hall–Kier alpha value is -2.43. The number of rotatable bonds is 5. The van der Waals surface area contributed by atoms with Crippen molar-refractivity contribution in [3.8, 4) is 0 Å². The Balaban J connectivity index is 1.78. The monoisotopic (exact) mass is 338 g/mol. The molecule has 2 N–H and O–H groups in total. The summed E-state index contributed by atoms with van der Waals surface area (Å²) in [6.07, 6.45) is 6.27. The van der Waals surface area contributed by atoms with E-state index in [1.54, 1.807) is 6.07 Å². The molecule has 1 saturated carbocycles. The molecule has 0 unspecified atom stereocenters. The second kappa shape index (κ2) is 7.64. The van der Waals surface area contributed by atoms with Crippen LogP contribution in [-0.4, -0.2) is 21.9 Å². The lowest BCUT2D eigenvalue weighted by atomic mass is 9.98. The lowest BCUT2D eigenvalue weighted by molar-refractivity contribution is 0.102. The maximum absolute atomic E-state index is 12.7. The number of hydrogen-bond donors (Lipinski definition) is 2. The van der Waals surface area contributed by atoms with E-state index in [4.69, 9.17) is 0 Å². The van der Waals surface area contributed by atoms with E-state index in [2.05, 4.69) is 40.5 Å². The fourth-order valence-electron chi connectivity index (χ4n) is 3.36. The molecule has 3 rings (SSSR count). The van der Waals surface area contributed by atoms with Gasteiger partial charge in [0.05, 0.1) is 0 Å². The Bertz CT molecular complexity index is 751. The normalized spacial score (nSPS) is 14.7. The molecule has 1 aliphatic rings. The van der Waals surface area contributed by atoms with Gasteiger partial charge in [0.1, 0.15) is 17.8 Å². The minimum absolute atomic E-state index is 0.201. The molecule has 0 atom stereocenters. The van der Waals surface area contributed by atoms with E-state index in [1.165, 1.54) is 19.2 Å². The zero-order chi connectivity index (χ0) is 17.8. The first-order chi connectivity index (χ1) is 12.0. The number of benzene rings is 1. The number of nitrogens with one attached hydrogen (secondary N) is 2. The zero-order valence-corrected chi connectivity index (χ0v) is 15.2. The maximum atomic E-state index is 12.7. The third-order valence-electron chi connectivity index (χ3n) is 4.77. The van der Waals surface area contributed by atoms with Crippen molar-refractivity contribution in [3.63, 3.8) is 0 Å². The lowest BCUT2D eigenvalue weighted by Gasteiger charge is -2.16. The third-order valence-corrected chi connectivity index (χ3v) is 4.77. The first-order valence-corrected chi connectivity index (χ1v) is 9.04. The van der Waals surface area contributed by atoms with E-state index in [-0.39, 0.29) is 5.91 Å². The summed E-state index contributed by atoms with van der Waals surface area (Å²) in [7, 11) is 0. The highest BCUT2D eigenvalue weighted by molar-refractivity contribution is 6.04. The Morgan fingerprint density at radius 1 is 1.20 bits per heavy atom. The van der Waals surface area contributed by atoms with Gasteiger partial charge in [-0.1, -0.05) is 44.9 Å². The van der Waals surface area contributed by atoms with Crippen molar-refractivity contribution in [1.82, 2.24) is 9.97 Å². The third kappa shape index (κ3) is 4.16. The van der Waals surface area contributed by atoms with E-state index in [0.717, 1.165) is 35.5 Å². The van der Waals surface area contributed by atoms with Crippen molar-refractivity contribution in [1.29, 1.82) is 0 Å². The molecule has 132 valence electrons. The van der Waals surface area contributed by atoms with Gasteiger partial charge in [-0.2, -0.15) is 0 Å². The summed E-state index contributed by atoms with van der Waals surface area (Å²) in [5.74, 6) is 0.856. The quantitative estimate of drug-likeness (QED) is 0.841. The molecule has 0 spiro atoms. The van der Waals surface area contributed by atoms with Gasteiger partial charge in [-0.25, -0.2) is 9.97 Å². The van der Waals surface area contributed by atoms with Gasteiger partial charge in [0.25, 0.3) is 5.91 Å². The SMILES string of the molecule is Cc1cccc(C(C)C)c1NC(=O)c1cc(NC2CCCC2)ncn1. The topological polar surface area (TPSA) is 66.9 Å². The van der Waals surface area contributed by atoms with Crippen molar-refractivity contribution in [2.45, 2.75) is 58.4 Å². The molecule has 1 heterocycles. The number of anilines is 2. The van der Waals surface area contributed by atoms with Gasteiger partial charge in [0.15, 0.2) is 0 Å². The van der Waals surface area contributed by atoms with E-state index in [1.807, 2.05) is 19.1 Å². The van der Waals surface area contributed by atoms with E-state index >= 15 is 0 Å². The number of aryl methyl sites for hydroxylation is 1. The molecule has 1 aliphatic carbocycles. The Kier molecular flexibility index (Phi) is 5.31. The molecule has 5 nitrogen and oxygen atoms in total. The van der Waals surface area contributed by atoms with Crippen LogP contribution in [0.4, 0.5) is 11.5 Å². The molecule has 0 radical (unpaired) electrons. The van der Waals surface area contributed by atoms with Crippen LogP contribution in [-0.2, 0) is 0 Å². The summed E-state index contributed by atoms with van der Waals surface area (Å²) in [6, 6.07) is 8.28. The first kappa shape index (κ1) is 17.4. The Morgan fingerprint density at radius 3 is 2.68 bits per heavy atom. The largest absolute Gasteiger partial charge is 0.367 e. The molecular formula is C20H26N4O. The number of amides is 1. The van der Waals surface area contributed by atoms with Gasteiger partial charge in [0, 0.05) is 17.8 Å². The fraction of sp³-hybridized carbons (Fsp3) is 0.450. The molecule has 0 saturated heterocycles. The average Bonchev–Trinajstić information content (AvgIpc) is 3.09. The van der Waals surface area contributed by atoms with Crippen LogP contribution in [0, 0.1) is 6.92 Å². The number of carbonyl (C=O) groups is 1. The highest BCUT2D eigenvalue weighted by atomic mass is 16.1. The van der Waals surface area contributed by atoms with Crippen molar-refractivity contribution < 1.29 is 4.79 Å². The predicted molar refractivity (Wildman–Crippen MR) is 101 cm³/mol. The molecule has 25 heavy (non-hydrogen) atoms. The number of para-hydroxylation sites is 1. The second-order valence-corrected chi connectivity index (χ2v) is 7.06. The molecule has 1 aromatic carbocycles. The standard InChI is InChI=1S/C20H26N4O/c1-13(2)16-10-6-7-14(3)19(16)24-20(25)17-11-18(22-12-21-17)23-15-8-4-5-9-15/h6-7,10-13,15H,4-5,8-9H2,1-3H3,(H,24,25)(H,21,22,23). The van der Waals surface area contributed by atoms with Gasteiger partial charge in [0.2, 0.25) is 0 Å². The van der Waals surface area contributed by atoms with E-state index in [9.17, 15) is 4.79 Å². The summed E-state index contributed by atoms with van der Waals surface area (Å²) < 4.78 is 0. The minimum Gasteiger partial charge on any atom is -0.367 e. The molecule has 2 aromatic rings. The Labute approximate surface area is 149 Å². The van der Waals surface area contributed by atoms with Crippen molar-refractivity contribution in [3.05, 3.63) is 47.4 Å². The van der Waals surface area contributed by atoms with Crippen LogP contribution >= 0.6 is 0 Å². The lowest BCUT2D eigenvalue weighted by Crippen LogP contribution is -2.19. The van der Waals surface area contributed by atoms with Crippen LogP contribution in [0.2, 0.25) is 0 Å². The molecule has 0 aliphatic heterocycles. The van der Waals surface area contributed by atoms with Gasteiger partial charge in [-0.05, 0) is 36.8 Å². The van der Waals surface area contributed by atoms with Crippen molar-refractivity contribution >= 4 is 17.4 Å². The zero-order valence-electron chi connectivity index (χ0n) is 15.2. The van der Waals surface area contributed by atoms with Gasteiger partial charge in [-0.15, -0.1) is 0 Å².